The van der Waals surface area contributed by atoms with E-state index in [1.807, 2.05) is 18.3 Å². The van der Waals surface area contributed by atoms with Gasteiger partial charge in [-0.25, -0.2) is 4.39 Å². The van der Waals surface area contributed by atoms with Crippen molar-refractivity contribution >= 4 is 44.8 Å². The van der Waals surface area contributed by atoms with Crippen LogP contribution in [0, 0.1) is 5.82 Å². The van der Waals surface area contributed by atoms with Gasteiger partial charge in [0, 0.05) is 11.9 Å². The lowest BCUT2D eigenvalue weighted by atomic mass is 10.0. The van der Waals surface area contributed by atoms with Crippen LogP contribution in [0.25, 0.3) is 0 Å². The number of halogens is 2. The molecule has 140 valence electrons. The molecule has 0 bridgehead atoms. The van der Waals surface area contributed by atoms with Crippen LogP contribution in [0.5, 0.6) is 0 Å². The van der Waals surface area contributed by atoms with Crippen LogP contribution in [0.3, 0.4) is 0 Å². The minimum Gasteiger partial charge on any atom is -0.332 e. The third-order valence-electron chi connectivity index (χ3n) is 4.04. The molecule has 2 aromatic carbocycles. The van der Waals surface area contributed by atoms with Crippen molar-refractivity contribution in [3.8, 4) is 0 Å². The number of rotatable bonds is 5. The molecule has 1 heterocycles. The highest BCUT2D eigenvalue weighted by molar-refractivity contribution is 9.10. The van der Waals surface area contributed by atoms with E-state index in [9.17, 15) is 4.39 Å². The number of nitrogens with one attached hydrogen (secondary N) is 2. The summed E-state index contributed by atoms with van der Waals surface area (Å²) in [4.78, 5) is 0. The van der Waals surface area contributed by atoms with Crippen molar-refractivity contribution in [3.05, 3.63) is 76.1 Å². The number of benzene rings is 2. The van der Waals surface area contributed by atoms with Crippen LogP contribution in [0.15, 0.2) is 59.2 Å². The van der Waals surface area contributed by atoms with Gasteiger partial charge in [0.2, 0.25) is 0 Å². The van der Waals surface area contributed by atoms with Gasteiger partial charge in [-0.15, -0.1) is 0 Å². The second kappa shape index (κ2) is 8.63. The van der Waals surface area contributed by atoms with Crippen molar-refractivity contribution in [3.63, 3.8) is 0 Å². The molecule has 0 aliphatic carbocycles. The van der Waals surface area contributed by atoms with Gasteiger partial charge in [-0.2, -0.15) is 5.10 Å². The average molecular weight is 447 g/mol. The quantitative estimate of drug-likeness (QED) is 0.488. The zero-order valence-corrected chi connectivity index (χ0v) is 17.4. The average Bonchev–Trinajstić information content (AvgIpc) is 2.96. The fraction of sp³-hybridized carbons (Fsp3) is 0.200. The maximum atomic E-state index is 13.0. The molecule has 0 aliphatic rings. The van der Waals surface area contributed by atoms with Crippen molar-refractivity contribution in [2.24, 2.45) is 0 Å². The van der Waals surface area contributed by atoms with Gasteiger partial charge >= 0.3 is 0 Å². The highest BCUT2D eigenvalue weighted by atomic mass is 79.9. The molecular formula is C20H20BrFN4S. The molecule has 0 atom stereocenters. The first-order valence-corrected chi connectivity index (χ1v) is 9.76. The van der Waals surface area contributed by atoms with Crippen molar-refractivity contribution in [1.82, 2.24) is 9.78 Å². The molecule has 3 aromatic rings. The second-order valence-corrected chi connectivity index (χ2v) is 7.77. The fourth-order valence-electron chi connectivity index (χ4n) is 2.56. The van der Waals surface area contributed by atoms with Gasteiger partial charge in [-0.05, 0) is 69.5 Å². The molecule has 0 fully saturated rings. The molecule has 7 heteroatoms. The molecule has 4 nitrogen and oxygen atoms in total. The van der Waals surface area contributed by atoms with E-state index < -0.39 is 0 Å². The highest BCUT2D eigenvalue weighted by Gasteiger charge is 2.09. The van der Waals surface area contributed by atoms with E-state index in [0.717, 1.165) is 15.7 Å². The lowest BCUT2D eigenvalue weighted by Gasteiger charge is -2.11. The van der Waals surface area contributed by atoms with Crippen LogP contribution in [0.1, 0.15) is 30.9 Å². The van der Waals surface area contributed by atoms with Crippen LogP contribution in [0.2, 0.25) is 0 Å². The Hall–Kier alpha value is -2.25. The van der Waals surface area contributed by atoms with Crippen LogP contribution >= 0.6 is 28.1 Å². The van der Waals surface area contributed by atoms with Crippen LogP contribution in [0.4, 0.5) is 15.9 Å². The van der Waals surface area contributed by atoms with Crippen LogP contribution < -0.4 is 10.6 Å². The van der Waals surface area contributed by atoms with E-state index in [2.05, 4.69) is 57.6 Å². The van der Waals surface area contributed by atoms with Crippen LogP contribution in [-0.2, 0) is 6.54 Å². The Labute approximate surface area is 171 Å². The van der Waals surface area contributed by atoms with Crippen molar-refractivity contribution in [2.45, 2.75) is 26.3 Å². The second-order valence-electron chi connectivity index (χ2n) is 6.51. The summed E-state index contributed by atoms with van der Waals surface area (Å²) in [6.45, 7) is 4.86. The van der Waals surface area contributed by atoms with E-state index in [1.165, 1.54) is 17.7 Å². The summed E-state index contributed by atoms with van der Waals surface area (Å²) in [6, 6.07) is 14.5. The minimum absolute atomic E-state index is 0.249. The van der Waals surface area contributed by atoms with Gasteiger partial charge in [-0.3, -0.25) is 4.68 Å². The number of hydrogen-bond donors (Lipinski definition) is 2. The summed E-state index contributed by atoms with van der Waals surface area (Å²) >= 11 is 8.87. The van der Waals surface area contributed by atoms with E-state index in [1.54, 1.807) is 16.8 Å². The molecule has 0 saturated carbocycles. The summed E-state index contributed by atoms with van der Waals surface area (Å²) in [5.41, 5.74) is 3.16. The maximum Gasteiger partial charge on any atom is 0.176 e. The molecule has 2 N–H and O–H groups in total. The number of anilines is 2. The molecular weight excluding hydrogens is 427 g/mol. The Morgan fingerprint density at radius 2 is 1.78 bits per heavy atom. The van der Waals surface area contributed by atoms with Crippen LogP contribution in [-0.4, -0.2) is 14.9 Å². The Kier molecular flexibility index (Phi) is 6.23. The van der Waals surface area contributed by atoms with Crippen molar-refractivity contribution in [1.29, 1.82) is 0 Å². The standard InChI is InChI=1S/C20H20BrFN4S/c1-13(2)15-5-9-17(10-6-15)23-20(27)24-19-18(21)12-26(25-19)11-14-3-7-16(22)8-4-14/h3-10,12-13H,11H2,1-2H3,(H2,23,24,25,27). The summed E-state index contributed by atoms with van der Waals surface area (Å²) in [5, 5.41) is 11.2. The number of aromatic nitrogens is 2. The molecule has 0 amide bonds. The molecule has 0 unspecified atom stereocenters. The maximum absolute atomic E-state index is 13.0. The Balaban J connectivity index is 1.62. The minimum atomic E-state index is -0.249. The van der Waals surface area contributed by atoms with Gasteiger partial charge in [0.25, 0.3) is 0 Å². The summed E-state index contributed by atoms with van der Waals surface area (Å²) in [6.07, 6.45) is 1.85. The summed E-state index contributed by atoms with van der Waals surface area (Å²) in [7, 11) is 0. The molecule has 0 saturated heterocycles. The molecule has 0 aliphatic heterocycles. The third-order valence-corrected chi connectivity index (χ3v) is 4.83. The largest absolute Gasteiger partial charge is 0.332 e. The number of nitrogens with zero attached hydrogens (tertiary/aromatic N) is 2. The number of hydrogen-bond acceptors (Lipinski definition) is 2. The molecule has 3 rings (SSSR count). The lowest BCUT2D eigenvalue weighted by Crippen LogP contribution is -2.19. The smallest absolute Gasteiger partial charge is 0.176 e. The van der Waals surface area contributed by atoms with E-state index >= 15 is 0 Å². The van der Waals surface area contributed by atoms with E-state index in [0.29, 0.717) is 23.4 Å². The van der Waals surface area contributed by atoms with E-state index in [4.69, 9.17) is 12.2 Å². The lowest BCUT2D eigenvalue weighted by molar-refractivity contribution is 0.624. The number of thiocarbonyl (C=S) groups is 1. The third kappa shape index (κ3) is 5.37. The zero-order chi connectivity index (χ0) is 19.4. The first-order chi connectivity index (χ1) is 12.9. The van der Waals surface area contributed by atoms with Gasteiger partial charge in [-0.1, -0.05) is 38.1 Å². The first kappa shape index (κ1) is 19.5. The monoisotopic (exact) mass is 446 g/mol. The predicted octanol–water partition coefficient (Wildman–Crippen LogP) is 5.77. The van der Waals surface area contributed by atoms with E-state index in [-0.39, 0.29) is 5.82 Å². The van der Waals surface area contributed by atoms with Gasteiger partial charge in [0.1, 0.15) is 5.82 Å². The van der Waals surface area contributed by atoms with Crippen molar-refractivity contribution < 1.29 is 4.39 Å². The molecule has 0 radical (unpaired) electrons. The van der Waals surface area contributed by atoms with Crippen molar-refractivity contribution in [2.75, 3.05) is 10.6 Å². The zero-order valence-electron chi connectivity index (χ0n) is 15.0. The Morgan fingerprint density at radius 1 is 1.11 bits per heavy atom. The first-order valence-electron chi connectivity index (χ1n) is 8.56. The van der Waals surface area contributed by atoms with Gasteiger partial charge in [0.05, 0.1) is 11.0 Å². The summed E-state index contributed by atoms with van der Waals surface area (Å²) in [5.74, 6) is 0.860. The topological polar surface area (TPSA) is 41.9 Å². The van der Waals surface area contributed by atoms with Gasteiger partial charge < -0.3 is 10.6 Å². The highest BCUT2D eigenvalue weighted by Crippen LogP contribution is 2.22. The molecule has 0 spiro atoms. The van der Waals surface area contributed by atoms with Gasteiger partial charge in [0.15, 0.2) is 10.9 Å². The molecule has 27 heavy (non-hydrogen) atoms. The SMILES string of the molecule is CC(C)c1ccc(NC(=S)Nc2nn(Cc3ccc(F)cc3)cc2Br)cc1. The Morgan fingerprint density at radius 3 is 2.41 bits per heavy atom. The molecule has 1 aromatic heterocycles. The normalized spacial score (nSPS) is 10.9. The fourth-order valence-corrected chi connectivity index (χ4v) is 3.19. The predicted molar refractivity (Wildman–Crippen MR) is 116 cm³/mol. The summed E-state index contributed by atoms with van der Waals surface area (Å²) < 4.78 is 15.6. The Bertz CT molecular complexity index is 920.